The predicted octanol–water partition coefficient (Wildman–Crippen LogP) is 2.21. The Hall–Kier alpha value is -3.48. The van der Waals surface area contributed by atoms with Crippen LogP contribution in [0.5, 0.6) is 11.5 Å². The zero-order chi connectivity index (χ0) is 26.8. The smallest absolute Gasteiger partial charge is 0.245 e. The van der Waals surface area contributed by atoms with E-state index in [1.807, 2.05) is 0 Å². The van der Waals surface area contributed by atoms with Gasteiger partial charge >= 0.3 is 0 Å². The minimum absolute atomic E-state index is 0.258. The van der Waals surface area contributed by atoms with Crippen LogP contribution in [0.4, 0.5) is 0 Å². The maximum absolute atomic E-state index is 13.6. The molecule has 0 bridgehead atoms. The first-order chi connectivity index (χ1) is 17.2. The van der Waals surface area contributed by atoms with E-state index in [2.05, 4.69) is 4.98 Å². The Morgan fingerprint density at radius 2 is 2.07 bits per heavy atom. The third-order valence-electron chi connectivity index (χ3n) is 5.37. The van der Waals surface area contributed by atoms with Gasteiger partial charge in [0.05, 0.1) is 20.8 Å². The molecule has 4 heterocycles. The van der Waals surface area contributed by atoms with Gasteiger partial charge in [-0.25, -0.2) is 0 Å². The normalized spacial score (nSPS) is 32.8. The average Bonchev–Trinajstić information content (AvgIpc) is 3.37. The fourth-order valence-electron chi connectivity index (χ4n) is 4.09. The molecule has 1 aromatic heterocycles. The molecule has 1 N–H and O–H groups in total. The zero-order valence-electron chi connectivity index (χ0n) is 23.1. The Bertz CT molecular complexity index is 1560. The van der Waals surface area contributed by atoms with Crippen LogP contribution in [0.1, 0.15) is 33.8 Å². The van der Waals surface area contributed by atoms with Crippen LogP contribution in [0, 0.1) is 0 Å². The molecule has 146 valence electrons. The van der Waals surface area contributed by atoms with Gasteiger partial charge in [-0.05, 0) is 29.3 Å². The number of piperazine rings is 1. The van der Waals surface area contributed by atoms with Gasteiger partial charge in [0.15, 0.2) is 11.5 Å². The molecule has 0 aliphatic carbocycles. The Labute approximate surface area is 178 Å². The van der Waals surface area contributed by atoms with E-state index in [0.29, 0.717) is 21.4 Å². The first kappa shape index (κ1) is 10.3. The van der Waals surface area contributed by atoms with Crippen molar-refractivity contribution in [2.75, 3.05) is 20.3 Å². The minimum atomic E-state index is -2.83. The highest BCUT2D eigenvalue weighted by molar-refractivity contribution is 5.97. The molecule has 29 heavy (non-hydrogen) atoms. The van der Waals surface area contributed by atoms with Crippen molar-refractivity contribution in [3.8, 4) is 11.5 Å². The molecular formula is C22H19N3O4. The van der Waals surface area contributed by atoms with Crippen molar-refractivity contribution in [2.24, 2.45) is 0 Å². The van der Waals surface area contributed by atoms with Crippen molar-refractivity contribution in [3.63, 3.8) is 0 Å². The molecule has 1 unspecified atom stereocenters. The van der Waals surface area contributed by atoms with Crippen molar-refractivity contribution in [1.82, 2.24) is 14.8 Å². The van der Waals surface area contributed by atoms with Gasteiger partial charge in [-0.15, -0.1) is 0 Å². The number of nitrogens with one attached hydrogen (secondary N) is 1. The van der Waals surface area contributed by atoms with Gasteiger partial charge in [-0.2, -0.15) is 0 Å². The topological polar surface area (TPSA) is 74.9 Å². The standard InChI is InChI=1S/C22H19N3O4/c1-24-10-19(26)25-16(22(24)27)9-14-13-4-2-3-5-15(13)23-20(14)21(25)12-6-7-17-18(8-12)29-11-28-17/h2-8,16,21,23H,9-11H2,1H3/t16-,21?/m1/s1/i6D,7D,8D,10D2,11D2,16D. The number of carbonyl (C=O) groups excluding carboxylic acids is 2. The molecule has 0 radical (unpaired) electrons. The average molecular weight is 397 g/mol. The number of para-hydroxylation sites is 1. The van der Waals surface area contributed by atoms with Gasteiger partial charge in [-0.1, -0.05) is 24.2 Å². The van der Waals surface area contributed by atoms with Gasteiger partial charge in [-0.3, -0.25) is 9.59 Å². The zero-order valence-corrected chi connectivity index (χ0v) is 15.1. The van der Waals surface area contributed by atoms with Gasteiger partial charge < -0.3 is 24.3 Å². The molecular weight excluding hydrogens is 370 g/mol. The van der Waals surface area contributed by atoms with Crippen LogP contribution in [-0.4, -0.2) is 52.9 Å². The fourth-order valence-corrected chi connectivity index (χ4v) is 4.09. The monoisotopic (exact) mass is 397 g/mol. The number of carbonyl (C=O) groups is 2. The van der Waals surface area contributed by atoms with Crippen LogP contribution in [-0.2, 0) is 16.0 Å². The van der Waals surface area contributed by atoms with E-state index in [-0.39, 0.29) is 17.7 Å². The van der Waals surface area contributed by atoms with Crippen molar-refractivity contribution < 1.29 is 30.0 Å². The van der Waals surface area contributed by atoms with Crippen LogP contribution in [0.15, 0.2) is 42.4 Å². The lowest BCUT2D eigenvalue weighted by molar-refractivity contribution is -0.157. The predicted molar refractivity (Wildman–Crippen MR) is 105 cm³/mol. The number of aromatic amines is 1. The first-order valence-electron chi connectivity index (χ1n) is 12.9. The SMILES string of the molecule is [2H]c1c([2H])c(C2c3[nH]c4ccccc4c3C[C@]3([2H])C(=O)N(C)C([2H])([2H])C(=O)N23)c([2H])c2c1OC([2H])([2H])O2. The van der Waals surface area contributed by atoms with E-state index in [4.69, 9.17) is 19.1 Å². The lowest BCUT2D eigenvalue weighted by atomic mass is 9.86. The molecule has 1 saturated heterocycles. The minimum Gasteiger partial charge on any atom is -0.454 e. The second-order valence-corrected chi connectivity index (χ2v) is 6.97. The largest absolute Gasteiger partial charge is 0.454 e. The first-order valence-corrected chi connectivity index (χ1v) is 8.94. The second-order valence-electron chi connectivity index (χ2n) is 6.97. The third kappa shape index (κ3) is 2.24. The van der Waals surface area contributed by atoms with E-state index >= 15 is 0 Å². The Balaban J connectivity index is 1.71. The summed E-state index contributed by atoms with van der Waals surface area (Å²) in [6.07, 6.45) is -0.282. The van der Waals surface area contributed by atoms with E-state index < -0.39 is 66.7 Å². The molecule has 3 aliphatic heterocycles. The van der Waals surface area contributed by atoms with Crippen molar-refractivity contribution in [1.29, 1.82) is 0 Å². The number of likely N-dealkylation sites (N-methyl/N-ethyl adjacent to an activating group) is 1. The highest BCUT2D eigenvalue weighted by atomic mass is 16.7. The molecule has 3 aliphatic rings. The van der Waals surface area contributed by atoms with E-state index in [0.717, 1.165) is 11.9 Å². The Morgan fingerprint density at radius 3 is 2.97 bits per heavy atom. The molecule has 7 nitrogen and oxygen atoms in total. The van der Waals surface area contributed by atoms with E-state index in [1.54, 1.807) is 24.3 Å². The summed E-state index contributed by atoms with van der Waals surface area (Å²) in [5, 5.41) is 0.645. The number of amides is 2. The molecule has 3 aromatic rings. The molecule has 2 atom stereocenters. The highest BCUT2D eigenvalue weighted by Crippen LogP contribution is 2.44. The van der Waals surface area contributed by atoms with E-state index in [1.165, 1.54) is 0 Å². The van der Waals surface area contributed by atoms with Gasteiger partial charge in [0.2, 0.25) is 18.6 Å². The second kappa shape index (κ2) is 5.76. The van der Waals surface area contributed by atoms with Gasteiger partial charge in [0, 0.05) is 30.1 Å². The van der Waals surface area contributed by atoms with Gasteiger partial charge in [0.25, 0.3) is 0 Å². The summed E-state index contributed by atoms with van der Waals surface area (Å²) in [6.45, 7) is -5.53. The molecule has 6 rings (SSSR count). The maximum atomic E-state index is 13.6. The van der Waals surface area contributed by atoms with Crippen LogP contribution >= 0.6 is 0 Å². The Morgan fingerprint density at radius 1 is 1.24 bits per heavy atom. The molecule has 2 aromatic carbocycles. The maximum Gasteiger partial charge on any atom is 0.245 e. The highest BCUT2D eigenvalue weighted by Gasteiger charge is 2.47. The summed E-state index contributed by atoms with van der Waals surface area (Å²) in [7, 11) is 1.10. The number of hydrogen-bond acceptors (Lipinski definition) is 4. The molecule has 7 heteroatoms. The lowest BCUT2D eigenvalue weighted by Crippen LogP contribution is -2.62. The van der Waals surface area contributed by atoms with Gasteiger partial charge in [0.1, 0.15) is 8.76 Å². The summed E-state index contributed by atoms with van der Waals surface area (Å²) in [6, 6.07) is 1.35. The number of nitrogens with zero attached hydrogens (tertiary/aromatic N) is 2. The van der Waals surface area contributed by atoms with Crippen molar-refractivity contribution >= 4 is 22.7 Å². The summed E-state index contributed by atoms with van der Waals surface area (Å²) >= 11 is 0. The summed E-state index contributed by atoms with van der Waals surface area (Å²) in [5.41, 5.74) is 1.00. The fraction of sp³-hybridized carbons (Fsp3) is 0.273. The van der Waals surface area contributed by atoms with Crippen LogP contribution in [0.25, 0.3) is 10.9 Å². The number of rotatable bonds is 1. The number of benzene rings is 2. The molecule has 2 amide bonds. The molecule has 0 spiro atoms. The van der Waals surface area contributed by atoms with Crippen LogP contribution < -0.4 is 9.47 Å². The lowest BCUT2D eigenvalue weighted by Gasteiger charge is -2.46. The van der Waals surface area contributed by atoms with Crippen molar-refractivity contribution in [2.45, 2.75) is 18.5 Å². The summed E-state index contributed by atoms with van der Waals surface area (Å²) < 4.78 is 77.4. The number of H-pyrrole nitrogens is 1. The number of aromatic nitrogens is 1. The Kier molecular flexibility index (Phi) is 2.05. The quantitative estimate of drug-likeness (QED) is 0.683. The van der Waals surface area contributed by atoms with Crippen LogP contribution in [0.2, 0.25) is 0 Å². The van der Waals surface area contributed by atoms with Crippen LogP contribution in [0.3, 0.4) is 0 Å². The van der Waals surface area contributed by atoms with Crippen molar-refractivity contribution in [3.05, 3.63) is 59.2 Å². The van der Waals surface area contributed by atoms with E-state index in [9.17, 15) is 11.0 Å². The summed E-state index contributed by atoms with van der Waals surface area (Å²) in [4.78, 5) is 31.6. The number of ether oxygens (including phenoxy) is 2. The number of hydrogen-bond donors (Lipinski definition) is 1. The molecule has 1 fully saturated rings. The number of fused-ring (bicyclic) bond motifs is 5. The summed E-state index contributed by atoms with van der Waals surface area (Å²) in [5.74, 6) is -3.13. The third-order valence-corrected chi connectivity index (χ3v) is 5.37. The molecule has 0 saturated carbocycles.